The molecule has 2 amide bonds. The Kier molecular flexibility index (Phi) is 6.86. The summed E-state index contributed by atoms with van der Waals surface area (Å²) in [6.07, 6.45) is -2.88. The number of carbonyl (C=O) groups excluding carboxylic acids is 2. The van der Waals surface area contributed by atoms with Gasteiger partial charge in [0.2, 0.25) is 11.8 Å². The van der Waals surface area contributed by atoms with Crippen molar-refractivity contribution in [2.45, 2.75) is 38.6 Å². The number of aromatic nitrogens is 1. The fourth-order valence-electron chi connectivity index (χ4n) is 2.82. The Hall–Kier alpha value is -2.46. The van der Waals surface area contributed by atoms with E-state index in [-0.39, 0.29) is 24.8 Å². The molecule has 2 heterocycles. The fourth-order valence-corrected chi connectivity index (χ4v) is 3.69. The molecular formula is C19H20F3N3O3S. The number of benzene rings is 1. The first kappa shape index (κ1) is 21.3. The van der Waals surface area contributed by atoms with Crippen molar-refractivity contribution in [3.63, 3.8) is 0 Å². The summed E-state index contributed by atoms with van der Waals surface area (Å²) in [6.45, 7) is -0.452. The number of nitrogens with zero attached hydrogens (tertiary/aromatic N) is 2. The minimum absolute atomic E-state index is 0.0580. The van der Waals surface area contributed by atoms with Gasteiger partial charge in [0.25, 0.3) is 0 Å². The third-order valence-electron chi connectivity index (χ3n) is 4.23. The van der Waals surface area contributed by atoms with E-state index in [1.165, 1.54) is 11.3 Å². The molecule has 29 heavy (non-hydrogen) atoms. The van der Waals surface area contributed by atoms with E-state index in [2.05, 4.69) is 15.0 Å². The smallest absolute Gasteiger partial charge is 0.367 e. The lowest BCUT2D eigenvalue weighted by atomic mass is 10.1. The molecule has 1 fully saturated rings. The van der Waals surface area contributed by atoms with E-state index in [4.69, 9.17) is 0 Å². The van der Waals surface area contributed by atoms with E-state index in [0.717, 1.165) is 12.0 Å². The van der Waals surface area contributed by atoms with Crippen molar-refractivity contribution in [2.75, 3.05) is 18.1 Å². The van der Waals surface area contributed by atoms with Crippen molar-refractivity contribution in [1.82, 2.24) is 10.3 Å². The van der Waals surface area contributed by atoms with Crippen LogP contribution in [0.25, 0.3) is 0 Å². The molecule has 0 saturated carbocycles. The van der Waals surface area contributed by atoms with Gasteiger partial charge in [-0.2, -0.15) is 13.2 Å². The van der Waals surface area contributed by atoms with E-state index in [1.54, 1.807) is 34.5 Å². The normalized spacial score (nSPS) is 14.4. The zero-order chi connectivity index (χ0) is 20.9. The molecule has 1 aliphatic rings. The molecular weight excluding hydrogens is 407 g/mol. The van der Waals surface area contributed by atoms with Crippen LogP contribution in [0.3, 0.4) is 0 Å². The summed E-state index contributed by atoms with van der Waals surface area (Å²) in [7, 11) is 0. The second kappa shape index (κ2) is 9.36. The van der Waals surface area contributed by atoms with Crippen molar-refractivity contribution in [3.8, 4) is 0 Å². The van der Waals surface area contributed by atoms with Gasteiger partial charge in [-0.15, -0.1) is 11.3 Å². The van der Waals surface area contributed by atoms with E-state index < -0.39 is 12.8 Å². The highest BCUT2D eigenvalue weighted by Gasteiger charge is 2.27. The molecule has 2 aromatic rings. The number of halogens is 3. The first-order valence-electron chi connectivity index (χ1n) is 9.04. The monoisotopic (exact) mass is 427 g/mol. The molecule has 0 spiro atoms. The van der Waals surface area contributed by atoms with Crippen LogP contribution in [0.1, 0.15) is 29.7 Å². The Morgan fingerprint density at radius 2 is 1.97 bits per heavy atom. The molecule has 0 aliphatic carbocycles. The maximum atomic E-state index is 12.1. The summed E-state index contributed by atoms with van der Waals surface area (Å²) in [5.41, 5.74) is 2.05. The maximum Gasteiger partial charge on any atom is 0.411 e. The van der Waals surface area contributed by atoms with Crippen LogP contribution < -0.4 is 10.2 Å². The second-order valence-electron chi connectivity index (χ2n) is 6.65. The molecule has 0 radical (unpaired) electrons. The van der Waals surface area contributed by atoms with E-state index in [1.807, 2.05) is 0 Å². The molecule has 0 unspecified atom stereocenters. The molecule has 0 atom stereocenters. The van der Waals surface area contributed by atoms with Crippen LogP contribution in [0, 0.1) is 0 Å². The molecule has 3 rings (SSSR count). The standard InChI is InChI=1S/C19H20F3N3O3S/c20-19(21,22)12-28-10-14-5-3-13(4-6-14)9-23-16(26)8-15-11-29-18(24-15)25-7-1-2-17(25)27/h3-6,11H,1-2,7-10,12H2,(H,23,26). The zero-order valence-electron chi connectivity index (χ0n) is 15.5. The SMILES string of the molecule is O=C(Cc1csc(N2CCCC2=O)n1)NCc1ccc(COCC(F)(F)F)cc1. The highest BCUT2D eigenvalue weighted by Crippen LogP contribution is 2.25. The number of hydrogen-bond donors (Lipinski definition) is 1. The summed E-state index contributed by atoms with van der Waals surface area (Å²) < 4.78 is 40.8. The topological polar surface area (TPSA) is 71.5 Å². The van der Waals surface area contributed by atoms with Crippen molar-refractivity contribution in [2.24, 2.45) is 0 Å². The minimum atomic E-state index is -4.34. The van der Waals surface area contributed by atoms with Gasteiger partial charge in [-0.05, 0) is 17.5 Å². The van der Waals surface area contributed by atoms with Gasteiger partial charge in [-0.3, -0.25) is 14.5 Å². The Morgan fingerprint density at radius 1 is 1.24 bits per heavy atom. The van der Waals surface area contributed by atoms with Crippen LogP contribution in [0.15, 0.2) is 29.6 Å². The van der Waals surface area contributed by atoms with E-state index >= 15 is 0 Å². The van der Waals surface area contributed by atoms with Crippen molar-refractivity contribution in [3.05, 3.63) is 46.5 Å². The third-order valence-corrected chi connectivity index (χ3v) is 5.15. The second-order valence-corrected chi connectivity index (χ2v) is 7.48. The lowest BCUT2D eigenvalue weighted by Crippen LogP contribution is -2.25. The maximum absolute atomic E-state index is 12.1. The molecule has 10 heteroatoms. The average Bonchev–Trinajstić information content (AvgIpc) is 3.28. The quantitative estimate of drug-likeness (QED) is 0.702. The molecule has 1 aromatic carbocycles. The molecule has 1 saturated heterocycles. The molecule has 1 aliphatic heterocycles. The number of hydrogen-bond acceptors (Lipinski definition) is 5. The molecule has 1 N–H and O–H groups in total. The summed E-state index contributed by atoms with van der Waals surface area (Å²) in [5, 5.41) is 5.18. The summed E-state index contributed by atoms with van der Waals surface area (Å²) in [4.78, 5) is 29.9. The Labute approximate surface area is 169 Å². The lowest BCUT2D eigenvalue weighted by molar-refractivity contribution is -0.176. The van der Waals surface area contributed by atoms with Gasteiger partial charge in [0.15, 0.2) is 5.13 Å². The molecule has 0 bridgehead atoms. The van der Waals surface area contributed by atoms with Crippen molar-refractivity contribution >= 4 is 28.3 Å². The molecule has 156 valence electrons. The van der Waals surface area contributed by atoms with Crippen molar-refractivity contribution < 1.29 is 27.5 Å². The number of amides is 2. The number of anilines is 1. The summed E-state index contributed by atoms with van der Waals surface area (Å²) in [6, 6.07) is 6.79. The summed E-state index contributed by atoms with van der Waals surface area (Å²) >= 11 is 1.35. The first-order chi connectivity index (χ1) is 13.8. The summed E-state index contributed by atoms with van der Waals surface area (Å²) in [5.74, 6) is -0.144. The Bertz CT molecular complexity index is 852. The van der Waals surface area contributed by atoms with Gasteiger partial charge >= 0.3 is 6.18 Å². The van der Waals surface area contributed by atoms with Gasteiger partial charge in [0.1, 0.15) is 6.61 Å². The number of alkyl halides is 3. The van der Waals surface area contributed by atoms with Crippen LogP contribution in [-0.4, -0.2) is 36.1 Å². The highest BCUT2D eigenvalue weighted by molar-refractivity contribution is 7.14. The third kappa shape index (κ3) is 6.53. The number of carbonyl (C=O) groups is 2. The minimum Gasteiger partial charge on any atom is -0.367 e. The van der Waals surface area contributed by atoms with Gasteiger partial charge in [0, 0.05) is 24.9 Å². The van der Waals surface area contributed by atoms with Gasteiger partial charge in [0.05, 0.1) is 18.7 Å². The van der Waals surface area contributed by atoms with Gasteiger partial charge < -0.3 is 10.1 Å². The fraction of sp³-hybridized carbons (Fsp3) is 0.421. The molecule has 6 nitrogen and oxygen atoms in total. The number of rotatable bonds is 8. The average molecular weight is 427 g/mol. The van der Waals surface area contributed by atoms with Crippen LogP contribution in [0.2, 0.25) is 0 Å². The Balaban J connectivity index is 1.42. The van der Waals surface area contributed by atoms with Crippen LogP contribution in [0.4, 0.5) is 18.3 Å². The lowest BCUT2D eigenvalue weighted by Gasteiger charge is -2.10. The molecule has 1 aromatic heterocycles. The van der Waals surface area contributed by atoms with Crippen molar-refractivity contribution in [1.29, 1.82) is 0 Å². The number of ether oxygens (including phenoxy) is 1. The first-order valence-corrected chi connectivity index (χ1v) is 9.92. The Morgan fingerprint density at radius 3 is 2.62 bits per heavy atom. The largest absolute Gasteiger partial charge is 0.411 e. The zero-order valence-corrected chi connectivity index (χ0v) is 16.3. The number of thiazole rings is 1. The predicted molar refractivity (Wildman–Crippen MR) is 101 cm³/mol. The highest BCUT2D eigenvalue weighted by atomic mass is 32.1. The number of nitrogens with one attached hydrogen (secondary N) is 1. The van der Waals surface area contributed by atoms with Crippen LogP contribution >= 0.6 is 11.3 Å². The van der Waals surface area contributed by atoms with Crippen LogP contribution in [0.5, 0.6) is 0 Å². The van der Waals surface area contributed by atoms with Crippen LogP contribution in [-0.2, 0) is 33.9 Å². The van der Waals surface area contributed by atoms with Gasteiger partial charge in [-0.25, -0.2) is 4.98 Å². The van der Waals surface area contributed by atoms with E-state index in [9.17, 15) is 22.8 Å². The predicted octanol–water partition coefficient (Wildman–Crippen LogP) is 3.21. The van der Waals surface area contributed by atoms with Gasteiger partial charge in [-0.1, -0.05) is 24.3 Å². The van der Waals surface area contributed by atoms with E-state index in [0.29, 0.717) is 35.9 Å².